The third-order valence-electron chi connectivity index (χ3n) is 1.73. The van der Waals surface area contributed by atoms with Crippen LogP contribution in [-0.2, 0) is 10.0 Å². The SMILES string of the molecule is NS(=O)(=O)c1occc1-c1cnccn1. The van der Waals surface area contributed by atoms with E-state index in [2.05, 4.69) is 9.97 Å². The minimum atomic E-state index is -3.87. The lowest BCUT2D eigenvalue weighted by atomic mass is 10.2. The standard InChI is InChI=1S/C8H7N3O3S/c9-15(12,13)8-6(1-4-14-8)7-5-10-2-3-11-7/h1-5H,(H2,9,12,13). The van der Waals surface area contributed by atoms with Crippen LogP contribution in [0, 0.1) is 0 Å². The second kappa shape index (κ2) is 3.44. The zero-order chi connectivity index (χ0) is 10.9. The molecule has 2 rings (SSSR count). The molecule has 2 aromatic rings. The van der Waals surface area contributed by atoms with Crippen LogP contribution in [0.3, 0.4) is 0 Å². The van der Waals surface area contributed by atoms with Gasteiger partial charge < -0.3 is 4.42 Å². The molecule has 0 spiro atoms. The number of furan rings is 1. The van der Waals surface area contributed by atoms with Gasteiger partial charge in [-0.2, -0.15) is 0 Å². The number of hydrogen-bond donors (Lipinski definition) is 1. The van der Waals surface area contributed by atoms with Gasteiger partial charge >= 0.3 is 0 Å². The Hall–Kier alpha value is -1.73. The molecular weight excluding hydrogens is 218 g/mol. The van der Waals surface area contributed by atoms with E-state index in [0.29, 0.717) is 11.3 Å². The van der Waals surface area contributed by atoms with Gasteiger partial charge in [0.05, 0.1) is 23.7 Å². The number of aromatic nitrogens is 2. The highest BCUT2D eigenvalue weighted by Crippen LogP contribution is 2.24. The molecule has 0 atom stereocenters. The van der Waals surface area contributed by atoms with Crippen LogP contribution in [0.25, 0.3) is 11.3 Å². The topological polar surface area (TPSA) is 99.1 Å². The lowest BCUT2D eigenvalue weighted by Gasteiger charge is -1.98. The molecule has 2 heterocycles. The van der Waals surface area contributed by atoms with Crippen molar-refractivity contribution in [3.8, 4) is 11.3 Å². The van der Waals surface area contributed by atoms with Gasteiger partial charge in [-0.3, -0.25) is 9.97 Å². The highest BCUT2D eigenvalue weighted by molar-refractivity contribution is 7.89. The zero-order valence-corrected chi connectivity index (χ0v) is 8.31. The molecule has 0 fully saturated rings. The summed E-state index contributed by atoms with van der Waals surface area (Å²) >= 11 is 0. The maximum absolute atomic E-state index is 11.1. The van der Waals surface area contributed by atoms with Crippen LogP contribution in [0.2, 0.25) is 0 Å². The molecule has 0 aromatic carbocycles. The van der Waals surface area contributed by atoms with Crippen molar-refractivity contribution < 1.29 is 12.8 Å². The second-order valence-corrected chi connectivity index (χ2v) is 4.22. The first-order valence-corrected chi connectivity index (χ1v) is 5.50. The van der Waals surface area contributed by atoms with Crippen molar-refractivity contribution in [3.05, 3.63) is 30.9 Å². The average molecular weight is 225 g/mol. The van der Waals surface area contributed by atoms with Gasteiger partial charge in [0.25, 0.3) is 10.0 Å². The van der Waals surface area contributed by atoms with E-state index in [1.807, 2.05) is 0 Å². The van der Waals surface area contributed by atoms with Crippen LogP contribution >= 0.6 is 0 Å². The van der Waals surface area contributed by atoms with Crippen molar-refractivity contribution in [2.75, 3.05) is 0 Å². The van der Waals surface area contributed by atoms with Crippen molar-refractivity contribution in [2.45, 2.75) is 5.09 Å². The fourth-order valence-electron chi connectivity index (χ4n) is 1.14. The predicted octanol–water partition coefficient (Wildman–Crippen LogP) is 0.384. The number of rotatable bonds is 2. The van der Waals surface area contributed by atoms with Gasteiger partial charge in [-0.15, -0.1) is 0 Å². The van der Waals surface area contributed by atoms with E-state index in [0.717, 1.165) is 0 Å². The molecule has 0 saturated carbocycles. The molecule has 2 N–H and O–H groups in total. The maximum Gasteiger partial charge on any atom is 0.272 e. The van der Waals surface area contributed by atoms with Crippen molar-refractivity contribution in [1.29, 1.82) is 0 Å². The molecule has 0 unspecified atom stereocenters. The van der Waals surface area contributed by atoms with Gasteiger partial charge in [-0.25, -0.2) is 13.6 Å². The van der Waals surface area contributed by atoms with Crippen molar-refractivity contribution in [3.63, 3.8) is 0 Å². The van der Waals surface area contributed by atoms with Gasteiger partial charge in [-0.05, 0) is 6.07 Å². The quantitative estimate of drug-likeness (QED) is 0.796. The molecule has 0 aliphatic carbocycles. The Morgan fingerprint density at radius 3 is 2.73 bits per heavy atom. The van der Waals surface area contributed by atoms with Crippen LogP contribution in [0.5, 0.6) is 0 Å². The molecule has 15 heavy (non-hydrogen) atoms. The van der Waals surface area contributed by atoms with Gasteiger partial charge in [0.2, 0.25) is 5.09 Å². The van der Waals surface area contributed by atoms with Crippen molar-refractivity contribution in [1.82, 2.24) is 9.97 Å². The van der Waals surface area contributed by atoms with Gasteiger partial charge in [0.15, 0.2) is 0 Å². The number of nitrogens with zero attached hydrogens (tertiary/aromatic N) is 2. The molecule has 6 nitrogen and oxygen atoms in total. The van der Waals surface area contributed by atoms with Crippen LogP contribution in [-0.4, -0.2) is 18.4 Å². The Bertz CT molecular complexity index is 562. The molecule has 0 bridgehead atoms. The summed E-state index contributed by atoms with van der Waals surface area (Å²) in [6.45, 7) is 0. The summed E-state index contributed by atoms with van der Waals surface area (Å²) in [4.78, 5) is 7.78. The van der Waals surface area contributed by atoms with Crippen LogP contribution in [0.15, 0.2) is 40.4 Å². The molecule has 0 radical (unpaired) electrons. The minimum Gasteiger partial charge on any atom is -0.451 e. The highest BCUT2D eigenvalue weighted by atomic mass is 32.2. The molecule has 7 heteroatoms. The average Bonchev–Trinajstić information content (AvgIpc) is 2.67. The third kappa shape index (κ3) is 1.88. The summed E-state index contributed by atoms with van der Waals surface area (Å²) in [7, 11) is -3.87. The minimum absolute atomic E-state index is 0.303. The van der Waals surface area contributed by atoms with Crippen molar-refractivity contribution in [2.24, 2.45) is 5.14 Å². The van der Waals surface area contributed by atoms with Gasteiger partial charge in [0, 0.05) is 12.4 Å². The van der Waals surface area contributed by atoms with E-state index in [1.54, 1.807) is 0 Å². The monoisotopic (exact) mass is 225 g/mol. The molecule has 0 aliphatic rings. The molecule has 2 aromatic heterocycles. The Kier molecular flexibility index (Phi) is 2.25. The lowest BCUT2D eigenvalue weighted by Crippen LogP contribution is -2.12. The van der Waals surface area contributed by atoms with Crippen molar-refractivity contribution >= 4 is 10.0 Å². The van der Waals surface area contributed by atoms with E-state index < -0.39 is 10.0 Å². The first-order chi connectivity index (χ1) is 7.09. The first-order valence-electron chi connectivity index (χ1n) is 3.96. The fourth-order valence-corrected chi connectivity index (χ4v) is 1.81. The van der Waals surface area contributed by atoms with Gasteiger partial charge in [-0.1, -0.05) is 0 Å². The Balaban J connectivity index is 2.61. The van der Waals surface area contributed by atoms with Gasteiger partial charge in [0.1, 0.15) is 0 Å². The highest BCUT2D eigenvalue weighted by Gasteiger charge is 2.19. The lowest BCUT2D eigenvalue weighted by molar-refractivity contribution is 0.452. The summed E-state index contributed by atoms with van der Waals surface area (Å²) in [5.74, 6) is 0. The normalized spacial score (nSPS) is 11.5. The fraction of sp³-hybridized carbons (Fsp3) is 0. The van der Waals surface area contributed by atoms with E-state index in [9.17, 15) is 8.42 Å². The van der Waals surface area contributed by atoms with E-state index >= 15 is 0 Å². The summed E-state index contributed by atoms with van der Waals surface area (Å²) in [5.41, 5.74) is 0.709. The summed E-state index contributed by atoms with van der Waals surface area (Å²) in [6.07, 6.45) is 5.61. The summed E-state index contributed by atoms with van der Waals surface area (Å²) < 4.78 is 27.1. The first kappa shape index (κ1) is 9.81. The number of hydrogen-bond acceptors (Lipinski definition) is 5. The number of primary sulfonamides is 1. The van der Waals surface area contributed by atoms with Crippen LogP contribution in [0.1, 0.15) is 0 Å². The Morgan fingerprint density at radius 2 is 2.13 bits per heavy atom. The summed E-state index contributed by atoms with van der Waals surface area (Å²) in [6, 6.07) is 1.48. The Labute approximate surface area is 85.8 Å². The summed E-state index contributed by atoms with van der Waals surface area (Å²) in [5, 5.41) is 4.67. The van der Waals surface area contributed by atoms with E-state index in [-0.39, 0.29) is 5.09 Å². The van der Waals surface area contributed by atoms with Crippen LogP contribution < -0.4 is 5.14 Å². The largest absolute Gasteiger partial charge is 0.451 e. The zero-order valence-electron chi connectivity index (χ0n) is 7.49. The third-order valence-corrected chi connectivity index (χ3v) is 2.56. The van der Waals surface area contributed by atoms with Crippen LogP contribution in [0.4, 0.5) is 0 Å². The maximum atomic E-state index is 11.1. The molecule has 78 valence electrons. The molecule has 0 saturated heterocycles. The second-order valence-electron chi connectivity index (χ2n) is 2.76. The smallest absolute Gasteiger partial charge is 0.272 e. The predicted molar refractivity (Wildman–Crippen MR) is 51.1 cm³/mol. The molecular formula is C8H7N3O3S. The Morgan fingerprint density at radius 1 is 1.33 bits per heavy atom. The number of sulfonamides is 1. The molecule has 0 aliphatic heterocycles. The van der Waals surface area contributed by atoms with E-state index in [1.165, 1.54) is 30.9 Å². The number of nitrogens with two attached hydrogens (primary N) is 1. The molecule has 0 amide bonds. The van der Waals surface area contributed by atoms with E-state index in [4.69, 9.17) is 9.56 Å².